The Kier molecular flexibility index (Phi) is 7.40. The number of carbonyl (C=O) groups excluding carboxylic acids is 2. The Balaban J connectivity index is 1.45. The average Bonchev–Trinajstić information content (AvgIpc) is 3.19. The lowest BCUT2D eigenvalue weighted by molar-refractivity contribution is -0.134. The van der Waals surface area contributed by atoms with Gasteiger partial charge in [-0.2, -0.15) is 4.31 Å². The number of halogens is 1. The maximum absolute atomic E-state index is 12.7. The predicted octanol–water partition coefficient (Wildman–Crippen LogP) is 2.73. The van der Waals surface area contributed by atoms with Crippen LogP contribution in [0.3, 0.4) is 0 Å². The Morgan fingerprint density at radius 2 is 1.71 bits per heavy atom. The second-order valence-electron chi connectivity index (χ2n) is 7.48. The summed E-state index contributed by atoms with van der Waals surface area (Å²) in [5.74, 6) is 1.03. The van der Waals surface area contributed by atoms with Gasteiger partial charge in [0.05, 0.1) is 10.9 Å². The molecule has 1 aromatic heterocycles. The highest BCUT2D eigenvalue weighted by atomic mass is 35.5. The molecule has 168 valence electrons. The first kappa shape index (κ1) is 23.3. The molecule has 1 saturated heterocycles. The molecule has 1 atom stereocenters. The lowest BCUT2D eigenvalue weighted by Crippen LogP contribution is -2.50. The SMILES string of the molecule is Cc1ccc([C@@H](C)NC(=O)CCC(=O)N2CCN(S(=O)(=O)c3ccc(Cl)cc3)CC2)o1. The van der Waals surface area contributed by atoms with Gasteiger partial charge in [-0.15, -0.1) is 0 Å². The second kappa shape index (κ2) is 9.84. The van der Waals surface area contributed by atoms with Crippen LogP contribution in [0.1, 0.15) is 37.3 Å². The van der Waals surface area contributed by atoms with Crippen LogP contribution in [0.4, 0.5) is 0 Å². The van der Waals surface area contributed by atoms with Gasteiger partial charge in [-0.25, -0.2) is 8.42 Å². The van der Waals surface area contributed by atoms with Gasteiger partial charge < -0.3 is 14.6 Å². The van der Waals surface area contributed by atoms with E-state index in [1.807, 2.05) is 26.0 Å². The Bertz CT molecular complexity index is 1030. The third kappa shape index (κ3) is 5.87. The van der Waals surface area contributed by atoms with Crippen molar-refractivity contribution in [1.82, 2.24) is 14.5 Å². The molecule has 1 aliphatic heterocycles. The van der Waals surface area contributed by atoms with E-state index in [1.165, 1.54) is 28.6 Å². The van der Waals surface area contributed by atoms with Crippen molar-refractivity contribution in [2.75, 3.05) is 26.2 Å². The fourth-order valence-corrected chi connectivity index (χ4v) is 4.93. The molecule has 10 heteroatoms. The average molecular weight is 468 g/mol. The normalized spacial score (nSPS) is 16.2. The number of amides is 2. The van der Waals surface area contributed by atoms with Crippen LogP contribution >= 0.6 is 11.6 Å². The van der Waals surface area contributed by atoms with Crippen LogP contribution in [0.25, 0.3) is 0 Å². The summed E-state index contributed by atoms with van der Waals surface area (Å²) in [6, 6.07) is 9.37. The van der Waals surface area contributed by atoms with Crippen molar-refractivity contribution in [2.45, 2.75) is 37.6 Å². The number of piperazine rings is 1. The van der Waals surface area contributed by atoms with Crippen molar-refractivity contribution in [3.05, 3.63) is 52.9 Å². The molecule has 1 aliphatic rings. The van der Waals surface area contributed by atoms with Gasteiger partial charge in [0.15, 0.2) is 0 Å². The molecule has 2 aromatic rings. The van der Waals surface area contributed by atoms with Gasteiger partial charge >= 0.3 is 0 Å². The number of hydrogen-bond acceptors (Lipinski definition) is 5. The van der Waals surface area contributed by atoms with E-state index in [9.17, 15) is 18.0 Å². The highest BCUT2D eigenvalue weighted by Crippen LogP contribution is 2.20. The summed E-state index contributed by atoms with van der Waals surface area (Å²) in [4.78, 5) is 26.4. The zero-order valence-corrected chi connectivity index (χ0v) is 19.1. The number of furan rings is 1. The summed E-state index contributed by atoms with van der Waals surface area (Å²) >= 11 is 5.83. The molecule has 31 heavy (non-hydrogen) atoms. The molecule has 3 rings (SSSR count). The van der Waals surface area contributed by atoms with Gasteiger partial charge in [-0.05, 0) is 50.2 Å². The van der Waals surface area contributed by atoms with E-state index in [0.29, 0.717) is 10.8 Å². The molecule has 1 N–H and O–H groups in total. The molecular formula is C21H26ClN3O5S. The van der Waals surface area contributed by atoms with E-state index in [4.69, 9.17) is 16.0 Å². The van der Waals surface area contributed by atoms with Crippen LogP contribution < -0.4 is 5.32 Å². The largest absolute Gasteiger partial charge is 0.464 e. The number of rotatable bonds is 7. The predicted molar refractivity (Wildman–Crippen MR) is 116 cm³/mol. The van der Waals surface area contributed by atoms with Crippen LogP contribution in [0.5, 0.6) is 0 Å². The Morgan fingerprint density at radius 1 is 1.06 bits per heavy atom. The molecule has 0 saturated carbocycles. The maximum atomic E-state index is 12.7. The third-order valence-electron chi connectivity index (χ3n) is 5.17. The third-order valence-corrected chi connectivity index (χ3v) is 7.34. The molecule has 2 amide bonds. The molecule has 0 aliphatic carbocycles. The summed E-state index contributed by atoms with van der Waals surface area (Å²) in [5, 5.41) is 3.28. The number of nitrogens with one attached hydrogen (secondary N) is 1. The summed E-state index contributed by atoms with van der Waals surface area (Å²) < 4.78 is 32.3. The highest BCUT2D eigenvalue weighted by Gasteiger charge is 2.30. The van der Waals surface area contributed by atoms with Crippen molar-refractivity contribution in [2.24, 2.45) is 0 Å². The van der Waals surface area contributed by atoms with E-state index in [2.05, 4.69) is 5.32 Å². The van der Waals surface area contributed by atoms with Gasteiger partial charge in [-0.1, -0.05) is 11.6 Å². The number of sulfonamides is 1. The zero-order chi connectivity index (χ0) is 22.6. The summed E-state index contributed by atoms with van der Waals surface area (Å²) in [5.41, 5.74) is 0. The first-order valence-corrected chi connectivity index (χ1v) is 11.9. The van der Waals surface area contributed by atoms with Crippen LogP contribution in [0, 0.1) is 6.92 Å². The number of aryl methyl sites for hydroxylation is 1. The van der Waals surface area contributed by atoms with E-state index >= 15 is 0 Å². The fraction of sp³-hybridized carbons (Fsp3) is 0.429. The summed E-state index contributed by atoms with van der Waals surface area (Å²) in [7, 11) is -3.63. The first-order chi connectivity index (χ1) is 14.7. The Labute approximate surface area is 187 Å². The maximum Gasteiger partial charge on any atom is 0.243 e. The summed E-state index contributed by atoms with van der Waals surface area (Å²) in [6.07, 6.45) is 0.131. The van der Waals surface area contributed by atoms with Crippen molar-refractivity contribution in [3.8, 4) is 0 Å². The Morgan fingerprint density at radius 3 is 2.29 bits per heavy atom. The van der Waals surface area contributed by atoms with Crippen LogP contribution in [-0.2, 0) is 19.6 Å². The molecule has 0 unspecified atom stereocenters. The minimum absolute atomic E-state index is 0.0617. The highest BCUT2D eigenvalue weighted by molar-refractivity contribution is 7.89. The molecule has 0 bridgehead atoms. The van der Waals surface area contributed by atoms with Crippen molar-refractivity contribution in [1.29, 1.82) is 0 Å². The minimum Gasteiger partial charge on any atom is -0.464 e. The van der Waals surface area contributed by atoms with Gasteiger partial charge in [0.2, 0.25) is 21.8 Å². The zero-order valence-electron chi connectivity index (χ0n) is 17.5. The second-order valence-corrected chi connectivity index (χ2v) is 9.85. The van der Waals surface area contributed by atoms with Crippen LogP contribution in [0.15, 0.2) is 45.7 Å². The minimum atomic E-state index is -3.63. The van der Waals surface area contributed by atoms with Gasteiger partial charge in [-0.3, -0.25) is 9.59 Å². The van der Waals surface area contributed by atoms with Crippen molar-refractivity contribution >= 4 is 33.4 Å². The topological polar surface area (TPSA) is 99.9 Å². The van der Waals surface area contributed by atoms with Crippen molar-refractivity contribution in [3.63, 3.8) is 0 Å². The number of carbonyl (C=O) groups is 2. The van der Waals surface area contributed by atoms with Crippen LogP contribution in [-0.4, -0.2) is 55.6 Å². The lowest BCUT2D eigenvalue weighted by atomic mass is 10.2. The molecule has 8 nitrogen and oxygen atoms in total. The molecule has 1 aromatic carbocycles. The summed E-state index contributed by atoms with van der Waals surface area (Å²) in [6.45, 7) is 4.63. The van der Waals surface area contributed by atoms with E-state index in [0.717, 1.165) is 5.76 Å². The monoisotopic (exact) mass is 467 g/mol. The van der Waals surface area contributed by atoms with Crippen LogP contribution in [0.2, 0.25) is 5.02 Å². The lowest BCUT2D eigenvalue weighted by Gasteiger charge is -2.34. The molecule has 1 fully saturated rings. The van der Waals surface area contributed by atoms with E-state index < -0.39 is 10.0 Å². The number of hydrogen-bond donors (Lipinski definition) is 1. The van der Waals surface area contributed by atoms with Crippen molar-refractivity contribution < 1.29 is 22.4 Å². The van der Waals surface area contributed by atoms with E-state index in [-0.39, 0.29) is 61.8 Å². The quantitative estimate of drug-likeness (QED) is 0.674. The molecular weight excluding hydrogens is 442 g/mol. The molecule has 0 spiro atoms. The standard InChI is InChI=1S/C21H26ClN3O5S/c1-15-3-8-19(30-15)16(2)23-20(26)9-10-21(27)24-11-13-25(14-12-24)31(28,29)18-6-4-17(22)5-7-18/h3-8,16H,9-14H2,1-2H3,(H,23,26)/t16-/m1/s1. The van der Waals surface area contributed by atoms with Gasteiger partial charge in [0.25, 0.3) is 0 Å². The fourth-order valence-electron chi connectivity index (χ4n) is 3.38. The molecule has 0 radical (unpaired) electrons. The van der Waals surface area contributed by atoms with E-state index in [1.54, 1.807) is 4.90 Å². The number of nitrogens with zero attached hydrogens (tertiary/aromatic N) is 2. The Hall–Kier alpha value is -2.36. The smallest absolute Gasteiger partial charge is 0.243 e. The number of benzene rings is 1. The van der Waals surface area contributed by atoms with Gasteiger partial charge in [0, 0.05) is 44.0 Å². The molecule has 2 heterocycles. The van der Waals surface area contributed by atoms with Gasteiger partial charge in [0.1, 0.15) is 11.5 Å². The first-order valence-electron chi connectivity index (χ1n) is 10.1.